The van der Waals surface area contributed by atoms with E-state index in [1.807, 2.05) is 4.72 Å². The van der Waals surface area contributed by atoms with Crippen molar-refractivity contribution < 1.29 is 22.3 Å². The minimum atomic E-state index is -3.70. The van der Waals surface area contributed by atoms with Crippen LogP contribution in [0.5, 0.6) is 0 Å². The lowest BCUT2D eigenvalue weighted by Gasteiger charge is -2.17. The molecular formula is C7H14F2N2O3S. The molecule has 0 aromatic rings. The van der Waals surface area contributed by atoms with E-state index in [1.165, 1.54) is 4.31 Å². The van der Waals surface area contributed by atoms with Crippen molar-refractivity contribution in [2.75, 3.05) is 19.6 Å². The summed E-state index contributed by atoms with van der Waals surface area (Å²) < 4.78 is 49.7. The third-order valence-corrected chi connectivity index (χ3v) is 3.75. The zero-order valence-electron chi connectivity index (χ0n) is 8.07. The van der Waals surface area contributed by atoms with Gasteiger partial charge in [0, 0.05) is 19.6 Å². The van der Waals surface area contributed by atoms with Gasteiger partial charge >= 0.3 is 0 Å². The van der Waals surface area contributed by atoms with Crippen LogP contribution in [-0.2, 0) is 10.2 Å². The highest BCUT2D eigenvalue weighted by molar-refractivity contribution is 7.87. The highest BCUT2D eigenvalue weighted by Crippen LogP contribution is 2.11. The Morgan fingerprint density at radius 2 is 1.87 bits per heavy atom. The van der Waals surface area contributed by atoms with Gasteiger partial charge in [0.15, 0.2) is 0 Å². The first-order valence-electron chi connectivity index (χ1n) is 4.64. The molecule has 0 radical (unpaired) electrons. The molecule has 1 unspecified atom stereocenters. The van der Waals surface area contributed by atoms with Crippen molar-refractivity contribution in [2.45, 2.75) is 25.4 Å². The van der Waals surface area contributed by atoms with Crippen LogP contribution in [0, 0.1) is 0 Å². The molecule has 1 aliphatic heterocycles. The number of nitrogens with zero attached hydrogens (tertiary/aromatic N) is 1. The third kappa shape index (κ3) is 3.63. The quantitative estimate of drug-likeness (QED) is 0.687. The predicted molar refractivity (Wildman–Crippen MR) is 49.7 cm³/mol. The van der Waals surface area contributed by atoms with E-state index in [4.69, 9.17) is 5.11 Å². The van der Waals surface area contributed by atoms with Gasteiger partial charge in [0.05, 0.1) is 0 Å². The van der Waals surface area contributed by atoms with Crippen LogP contribution in [0.1, 0.15) is 12.8 Å². The Balaban J connectivity index is 2.42. The molecule has 0 bridgehead atoms. The average molecular weight is 244 g/mol. The Bertz CT molecular complexity index is 291. The maximum absolute atomic E-state index is 11.9. The molecule has 0 spiro atoms. The van der Waals surface area contributed by atoms with Gasteiger partial charge in [0.25, 0.3) is 16.6 Å². The van der Waals surface area contributed by atoms with Crippen molar-refractivity contribution in [2.24, 2.45) is 0 Å². The molecule has 5 nitrogen and oxygen atoms in total. The van der Waals surface area contributed by atoms with Crippen molar-refractivity contribution in [1.29, 1.82) is 0 Å². The number of halogens is 2. The van der Waals surface area contributed by atoms with Crippen LogP contribution in [0.4, 0.5) is 8.78 Å². The van der Waals surface area contributed by atoms with Gasteiger partial charge in [0.1, 0.15) is 6.10 Å². The second-order valence-electron chi connectivity index (χ2n) is 3.36. The standard InChI is InChI=1S/C7H14F2N2O3S/c8-7(9)6(12)5-10-15(13,14)11-3-1-2-4-11/h6-7,10,12H,1-5H2. The third-order valence-electron chi connectivity index (χ3n) is 2.17. The molecule has 0 aliphatic carbocycles. The van der Waals surface area contributed by atoms with Crippen molar-refractivity contribution in [3.05, 3.63) is 0 Å². The lowest BCUT2D eigenvalue weighted by molar-refractivity contribution is -0.000606. The molecule has 15 heavy (non-hydrogen) atoms. The Hall–Kier alpha value is -0.310. The van der Waals surface area contributed by atoms with Gasteiger partial charge < -0.3 is 5.11 Å². The maximum atomic E-state index is 11.9. The number of hydrogen-bond donors (Lipinski definition) is 2. The van der Waals surface area contributed by atoms with Crippen LogP contribution in [-0.4, -0.2) is 50.0 Å². The summed E-state index contributed by atoms with van der Waals surface area (Å²) in [7, 11) is -3.70. The largest absolute Gasteiger partial charge is 0.386 e. The van der Waals surface area contributed by atoms with Crippen molar-refractivity contribution in [3.63, 3.8) is 0 Å². The van der Waals surface area contributed by atoms with Gasteiger partial charge in [-0.2, -0.15) is 17.4 Å². The summed E-state index contributed by atoms with van der Waals surface area (Å²) in [6.45, 7) is 0.150. The van der Waals surface area contributed by atoms with E-state index in [2.05, 4.69) is 0 Å². The summed E-state index contributed by atoms with van der Waals surface area (Å²) in [5, 5.41) is 8.74. The second kappa shape index (κ2) is 5.15. The van der Waals surface area contributed by atoms with E-state index in [1.54, 1.807) is 0 Å². The van der Waals surface area contributed by atoms with E-state index >= 15 is 0 Å². The Labute approximate surface area is 87.3 Å². The van der Waals surface area contributed by atoms with Crippen LogP contribution in [0.25, 0.3) is 0 Å². The fraction of sp³-hybridized carbons (Fsp3) is 1.00. The van der Waals surface area contributed by atoms with E-state index in [-0.39, 0.29) is 0 Å². The fourth-order valence-electron chi connectivity index (χ4n) is 1.30. The molecule has 1 rings (SSSR count). The number of rotatable bonds is 5. The summed E-state index contributed by atoms with van der Waals surface area (Å²) in [4.78, 5) is 0. The lowest BCUT2D eigenvalue weighted by Crippen LogP contribution is -2.43. The van der Waals surface area contributed by atoms with Crippen LogP contribution in [0.15, 0.2) is 0 Å². The molecule has 2 N–H and O–H groups in total. The number of nitrogens with one attached hydrogen (secondary N) is 1. The first-order valence-corrected chi connectivity index (χ1v) is 6.08. The van der Waals surface area contributed by atoms with Crippen molar-refractivity contribution >= 4 is 10.2 Å². The van der Waals surface area contributed by atoms with Crippen LogP contribution >= 0.6 is 0 Å². The second-order valence-corrected chi connectivity index (χ2v) is 5.12. The smallest absolute Gasteiger partial charge is 0.279 e. The van der Waals surface area contributed by atoms with Crippen LogP contribution in [0.3, 0.4) is 0 Å². The number of aliphatic hydroxyl groups excluding tert-OH is 1. The summed E-state index contributed by atoms with van der Waals surface area (Å²) in [6.07, 6.45) is -3.34. The summed E-state index contributed by atoms with van der Waals surface area (Å²) in [5.41, 5.74) is 0. The molecule has 1 fully saturated rings. The summed E-state index contributed by atoms with van der Waals surface area (Å²) in [6, 6.07) is 0. The summed E-state index contributed by atoms with van der Waals surface area (Å²) in [5.74, 6) is 0. The summed E-state index contributed by atoms with van der Waals surface area (Å²) >= 11 is 0. The molecule has 1 atom stereocenters. The van der Waals surface area contributed by atoms with Gasteiger partial charge in [0.2, 0.25) is 0 Å². The SMILES string of the molecule is O=S(=O)(NCC(O)C(F)F)N1CCCC1. The molecule has 90 valence electrons. The Morgan fingerprint density at radius 1 is 1.33 bits per heavy atom. The topological polar surface area (TPSA) is 69.6 Å². The van der Waals surface area contributed by atoms with E-state index < -0.39 is 29.3 Å². The molecule has 0 amide bonds. The Kier molecular flexibility index (Phi) is 4.38. The molecule has 8 heteroatoms. The zero-order valence-corrected chi connectivity index (χ0v) is 8.88. The molecule has 0 aromatic carbocycles. The Morgan fingerprint density at radius 3 is 2.33 bits per heavy atom. The van der Waals surface area contributed by atoms with Gasteiger partial charge in [-0.05, 0) is 12.8 Å². The van der Waals surface area contributed by atoms with Crippen molar-refractivity contribution in [3.8, 4) is 0 Å². The minimum Gasteiger partial charge on any atom is -0.386 e. The first kappa shape index (κ1) is 12.8. The predicted octanol–water partition coefficient (Wildman–Crippen LogP) is -0.457. The van der Waals surface area contributed by atoms with Gasteiger partial charge in [-0.15, -0.1) is 0 Å². The molecular weight excluding hydrogens is 230 g/mol. The molecule has 1 saturated heterocycles. The molecule has 1 aliphatic rings. The van der Waals surface area contributed by atoms with E-state index in [0.29, 0.717) is 13.1 Å². The van der Waals surface area contributed by atoms with Crippen LogP contribution < -0.4 is 4.72 Å². The minimum absolute atomic E-state index is 0.403. The van der Waals surface area contributed by atoms with Crippen LogP contribution in [0.2, 0.25) is 0 Å². The number of hydrogen-bond acceptors (Lipinski definition) is 3. The van der Waals surface area contributed by atoms with Gasteiger partial charge in [-0.25, -0.2) is 8.78 Å². The normalized spacial score (nSPS) is 21.1. The van der Waals surface area contributed by atoms with Crippen molar-refractivity contribution in [1.82, 2.24) is 9.03 Å². The molecule has 0 aromatic heterocycles. The van der Waals surface area contributed by atoms with Gasteiger partial charge in [-0.1, -0.05) is 0 Å². The number of alkyl halides is 2. The number of aliphatic hydroxyl groups is 1. The average Bonchev–Trinajstić information content (AvgIpc) is 2.67. The molecule has 0 saturated carbocycles. The highest BCUT2D eigenvalue weighted by atomic mass is 32.2. The first-order chi connectivity index (χ1) is 6.93. The van der Waals surface area contributed by atoms with E-state index in [0.717, 1.165) is 12.8 Å². The maximum Gasteiger partial charge on any atom is 0.279 e. The van der Waals surface area contributed by atoms with Gasteiger partial charge in [-0.3, -0.25) is 0 Å². The fourth-order valence-corrected chi connectivity index (χ4v) is 2.60. The zero-order chi connectivity index (χ0) is 11.5. The monoisotopic (exact) mass is 244 g/mol. The highest BCUT2D eigenvalue weighted by Gasteiger charge is 2.27. The lowest BCUT2D eigenvalue weighted by atomic mass is 10.4. The van der Waals surface area contributed by atoms with E-state index in [9.17, 15) is 17.2 Å². The molecule has 1 heterocycles.